The van der Waals surface area contributed by atoms with Crippen molar-refractivity contribution < 1.29 is 39.0 Å². The van der Waals surface area contributed by atoms with Crippen molar-refractivity contribution in [3.8, 4) is 0 Å². The summed E-state index contributed by atoms with van der Waals surface area (Å²) in [6.45, 7) is 14.4. The second kappa shape index (κ2) is 17.5. The molecular weight excluding hydrogens is 709 g/mol. The first-order valence-electron chi connectivity index (χ1n) is 18.7. The van der Waals surface area contributed by atoms with Crippen LogP contribution in [0.15, 0.2) is 64.3 Å². The van der Waals surface area contributed by atoms with Gasteiger partial charge >= 0.3 is 5.97 Å². The van der Waals surface area contributed by atoms with E-state index in [0.717, 1.165) is 40.7 Å². The minimum atomic E-state index is -1.45. The Morgan fingerprint density at radius 3 is 1.81 bits per heavy atom. The number of carboxylic acid groups (broad SMARTS) is 1. The fourth-order valence-corrected chi connectivity index (χ4v) is 8.74. The predicted molar refractivity (Wildman–Crippen MR) is 208 cm³/mol. The molecule has 0 radical (unpaired) electrons. The molecular formula is C41H56N4O8S. The molecule has 4 rings (SSSR count). The van der Waals surface area contributed by atoms with E-state index in [4.69, 9.17) is 0 Å². The van der Waals surface area contributed by atoms with E-state index in [2.05, 4.69) is 21.3 Å². The summed E-state index contributed by atoms with van der Waals surface area (Å²) < 4.78 is 0. The highest BCUT2D eigenvalue weighted by atomic mass is 32.2. The highest BCUT2D eigenvalue weighted by molar-refractivity contribution is 7.99. The Bertz CT molecular complexity index is 1740. The van der Waals surface area contributed by atoms with E-state index in [-0.39, 0.29) is 42.6 Å². The van der Waals surface area contributed by atoms with Gasteiger partial charge in [-0.2, -0.15) is 11.8 Å². The van der Waals surface area contributed by atoms with Crippen LogP contribution >= 0.6 is 11.8 Å². The van der Waals surface area contributed by atoms with Crippen LogP contribution in [0.4, 0.5) is 0 Å². The van der Waals surface area contributed by atoms with Gasteiger partial charge in [0, 0.05) is 35.8 Å². The monoisotopic (exact) mass is 764 g/mol. The topological polar surface area (TPSA) is 191 Å². The third-order valence-corrected chi connectivity index (χ3v) is 11.7. The van der Waals surface area contributed by atoms with E-state index in [9.17, 15) is 39.0 Å². The number of hydrogen-bond acceptors (Lipinski definition) is 8. The summed E-state index contributed by atoms with van der Waals surface area (Å²) in [6.07, 6.45) is 3.84. The van der Waals surface area contributed by atoms with Gasteiger partial charge in [-0.3, -0.25) is 24.0 Å². The Hall–Kier alpha value is -4.23. The molecule has 5 atom stereocenters. The van der Waals surface area contributed by atoms with Crippen LogP contribution in [0.25, 0.3) is 0 Å². The van der Waals surface area contributed by atoms with Crippen molar-refractivity contribution in [1.82, 2.24) is 21.3 Å². The number of nitrogens with one attached hydrogen (secondary N) is 4. The molecule has 6 N–H and O–H groups in total. The molecule has 294 valence electrons. The van der Waals surface area contributed by atoms with Crippen molar-refractivity contribution in [2.45, 2.75) is 117 Å². The maximum Gasteiger partial charge on any atom is 0.326 e. The summed E-state index contributed by atoms with van der Waals surface area (Å²) in [6, 6.07) is 4.60. The number of benzene rings is 1. The third-order valence-electron chi connectivity index (χ3n) is 10.7. The summed E-state index contributed by atoms with van der Waals surface area (Å²) in [5, 5.41) is 31.9. The molecule has 0 bridgehead atoms. The molecule has 4 amide bonds. The van der Waals surface area contributed by atoms with Crippen LogP contribution in [0.3, 0.4) is 0 Å². The number of allylic oxidation sites excluding steroid dienone is 3. The smallest absolute Gasteiger partial charge is 0.326 e. The molecule has 0 heterocycles. The quantitative estimate of drug-likeness (QED) is 0.129. The number of carboxylic acids is 1. The molecule has 3 aliphatic rings. The van der Waals surface area contributed by atoms with Crippen molar-refractivity contribution in [1.29, 1.82) is 0 Å². The second-order valence-electron chi connectivity index (χ2n) is 15.9. The fraction of sp³-hybridized carbons (Fsp3) is 0.561. The normalized spacial score (nSPS) is 20.9. The number of amides is 4. The molecule has 1 saturated carbocycles. The molecule has 54 heavy (non-hydrogen) atoms. The summed E-state index contributed by atoms with van der Waals surface area (Å²) in [4.78, 5) is 78.8. The van der Waals surface area contributed by atoms with Crippen LogP contribution in [0.5, 0.6) is 0 Å². The Morgan fingerprint density at radius 2 is 1.33 bits per heavy atom. The van der Waals surface area contributed by atoms with Gasteiger partial charge in [0.15, 0.2) is 5.78 Å². The molecule has 13 heteroatoms. The molecule has 0 saturated heterocycles. The lowest BCUT2D eigenvalue weighted by atomic mass is 9.67. The first-order chi connectivity index (χ1) is 25.3. The Morgan fingerprint density at radius 1 is 0.815 bits per heavy atom. The largest absolute Gasteiger partial charge is 0.480 e. The van der Waals surface area contributed by atoms with Crippen molar-refractivity contribution in [3.63, 3.8) is 0 Å². The van der Waals surface area contributed by atoms with Crippen molar-refractivity contribution in [3.05, 3.63) is 69.8 Å². The van der Waals surface area contributed by atoms with Gasteiger partial charge in [-0.15, -0.1) is 0 Å². The fourth-order valence-electron chi connectivity index (χ4n) is 7.58. The zero-order valence-corrected chi connectivity index (χ0v) is 33.4. The van der Waals surface area contributed by atoms with E-state index in [1.54, 1.807) is 31.2 Å². The average molecular weight is 765 g/mol. The Kier molecular flexibility index (Phi) is 13.8. The highest BCUT2D eigenvalue weighted by Gasteiger charge is 2.65. The van der Waals surface area contributed by atoms with Crippen LogP contribution in [0.2, 0.25) is 0 Å². The van der Waals surface area contributed by atoms with Gasteiger partial charge in [-0.25, -0.2) is 4.79 Å². The summed E-state index contributed by atoms with van der Waals surface area (Å²) in [5.74, 6) is -3.13. The number of rotatable bonds is 18. The predicted octanol–water partition coefficient (Wildman–Crippen LogP) is 3.79. The number of carbonyl (C=O) groups is 6. The average Bonchev–Trinajstić information content (AvgIpc) is 3.84. The zero-order valence-electron chi connectivity index (χ0n) is 32.6. The Labute approximate surface area is 322 Å². The highest BCUT2D eigenvalue weighted by Crippen LogP contribution is 2.65. The maximum absolute atomic E-state index is 13.8. The lowest BCUT2D eigenvalue weighted by molar-refractivity contribution is -0.142. The summed E-state index contributed by atoms with van der Waals surface area (Å²) in [7, 11) is 0. The van der Waals surface area contributed by atoms with Gasteiger partial charge in [-0.1, -0.05) is 63.6 Å². The minimum absolute atomic E-state index is 0.0292. The van der Waals surface area contributed by atoms with Gasteiger partial charge in [0.2, 0.25) is 23.6 Å². The number of Topliss-reactive ketones (excluding diaryl/α,β-unsaturated/α-hetero) is 1. The van der Waals surface area contributed by atoms with Gasteiger partial charge in [0.25, 0.3) is 0 Å². The van der Waals surface area contributed by atoms with E-state index in [0.29, 0.717) is 11.3 Å². The second-order valence-corrected chi connectivity index (χ2v) is 17.0. The van der Waals surface area contributed by atoms with Gasteiger partial charge in [0.1, 0.15) is 29.8 Å². The molecule has 0 aromatic heterocycles. The molecule has 1 aromatic rings. The minimum Gasteiger partial charge on any atom is -0.480 e. The number of aliphatic carboxylic acids is 1. The number of thioether (sulfide) groups is 1. The molecule has 12 nitrogen and oxygen atoms in total. The SMILES string of the molecule is CC(=O)N[C@@H](CSCC1=C(C)C=C2C(=O)[C@](C)(O)C3(CC3)C(C)=C21)C(=O)N[C@@H](CC(C)C)C(=O)N[C@@H](CC(C)C)C(=O)N[C@@H](Cc1ccccc1)C(=O)O. The standard InChI is InChI=1S/C41H56N4O8S/c1-22(2)16-30(36(48)43-31(17-23(3)4)37(49)45-32(39(51)52)19-27-12-10-9-11-13-27)44-38(50)33(42-26(7)46)21-54-20-29-24(5)18-28-34(29)25(6)41(14-15-41)40(8,53)35(28)47/h9-13,18,22-23,30-33,53H,14-17,19-21H2,1-8H3,(H,42,46)(H,43,48)(H,44,50)(H,45,49)(H,51,52)/t30-,31-,32-,33-,40-/m0/s1. The molecule has 0 aliphatic heterocycles. The van der Waals surface area contributed by atoms with Crippen molar-refractivity contribution >= 4 is 47.1 Å². The summed E-state index contributed by atoms with van der Waals surface area (Å²) >= 11 is 1.42. The van der Waals surface area contributed by atoms with Crippen molar-refractivity contribution in [2.24, 2.45) is 17.3 Å². The van der Waals surface area contributed by atoms with Crippen molar-refractivity contribution in [2.75, 3.05) is 11.5 Å². The van der Waals surface area contributed by atoms with E-state index in [1.807, 2.05) is 53.7 Å². The number of fused-ring (bicyclic) bond motifs is 1. The van der Waals surface area contributed by atoms with Crippen LogP contribution < -0.4 is 21.3 Å². The van der Waals surface area contributed by atoms with Crippen LogP contribution in [0, 0.1) is 17.3 Å². The number of ketones is 1. The van der Waals surface area contributed by atoms with E-state index < -0.39 is 64.8 Å². The third kappa shape index (κ3) is 9.70. The van der Waals surface area contributed by atoms with E-state index in [1.165, 1.54) is 18.7 Å². The molecule has 1 fully saturated rings. The van der Waals surface area contributed by atoms with Gasteiger partial charge in [0.05, 0.1) is 0 Å². The molecule has 0 unspecified atom stereocenters. The van der Waals surface area contributed by atoms with Gasteiger partial charge in [-0.05, 0) is 86.6 Å². The van der Waals surface area contributed by atoms with Crippen LogP contribution in [-0.4, -0.2) is 86.9 Å². The maximum atomic E-state index is 13.8. The molecule has 1 aromatic carbocycles. The molecule has 3 aliphatic carbocycles. The lowest BCUT2D eigenvalue weighted by Crippen LogP contribution is -2.58. The van der Waals surface area contributed by atoms with Crippen LogP contribution in [-0.2, 0) is 35.2 Å². The van der Waals surface area contributed by atoms with Crippen LogP contribution in [0.1, 0.15) is 86.6 Å². The summed E-state index contributed by atoms with van der Waals surface area (Å²) in [5.41, 5.74) is 2.99. The lowest BCUT2D eigenvalue weighted by Gasteiger charge is -2.39. The first kappa shape index (κ1) is 42.5. The first-order valence-corrected chi connectivity index (χ1v) is 19.9. The number of carbonyl (C=O) groups excluding carboxylic acids is 5. The number of hydrogen-bond donors (Lipinski definition) is 6. The Balaban J connectivity index is 1.45. The zero-order chi connectivity index (χ0) is 40.1. The van der Waals surface area contributed by atoms with Gasteiger partial charge < -0.3 is 31.5 Å². The molecule has 1 spiro atoms. The van der Waals surface area contributed by atoms with E-state index >= 15 is 0 Å². The number of aliphatic hydroxyl groups is 1.